The van der Waals surface area contributed by atoms with E-state index in [1.165, 1.54) is 30.8 Å². The monoisotopic (exact) mass is 329 g/mol. The first-order valence-electron chi connectivity index (χ1n) is 7.96. The van der Waals surface area contributed by atoms with Gasteiger partial charge in [-0.05, 0) is 55.1 Å². The van der Waals surface area contributed by atoms with Crippen molar-refractivity contribution in [3.8, 4) is 16.2 Å². The zero-order valence-corrected chi connectivity index (χ0v) is 13.6. The minimum atomic E-state index is -0.0764. The van der Waals surface area contributed by atoms with Crippen LogP contribution in [0.25, 0.3) is 10.4 Å². The van der Waals surface area contributed by atoms with E-state index in [2.05, 4.69) is 15.2 Å². The van der Waals surface area contributed by atoms with Crippen molar-refractivity contribution in [2.24, 2.45) is 5.92 Å². The van der Waals surface area contributed by atoms with Gasteiger partial charge in [0.15, 0.2) is 5.01 Å². The zero-order chi connectivity index (χ0) is 15.8. The summed E-state index contributed by atoms with van der Waals surface area (Å²) < 4.78 is 0. The van der Waals surface area contributed by atoms with Crippen LogP contribution in [-0.4, -0.2) is 46.6 Å². The summed E-state index contributed by atoms with van der Waals surface area (Å²) in [6.07, 6.45) is 4.06. The highest BCUT2D eigenvalue weighted by Crippen LogP contribution is 2.29. The van der Waals surface area contributed by atoms with Crippen LogP contribution in [0.1, 0.15) is 22.6 Å². The Morgan fingerprint density at radius 3 is 2.91 bits per heavy atom. The predicted molar refractivity (Wildman–Crippen MR) is 89.6 cm³/mol. The number of piperidine rings is 1. The maximum Gasteiger partial charge on any atom is 0.280 e. The fourth-order valence-corrected chi connectivity index (χ4v) is 4.37. The highest BCUT2D eigenvalue weighted by Gasteiger charge is 2.33. The van der Waals surface area contributed by atoms with Crippen LogP contribution in [0.15, 0.2) is 30.5 Å². The summed E-state index contributed by atoms with van der Waals surface area (Å²) in [6.45, 7) is 3.31. The molecule has 2 aliphatic heterocycles. The number of rotatable bonds is 3. The topological polar surface area (TPSA) is 65.5 Å². The first-order chi connectivity index (χ1) is 11.2. The van der Waals surface area contributed by atoms with Gasteiger partial charge in [0.1, 0.15) is 5.75 Å². The number of carbonyl (C=O) groups is 1. The van der Waals surface area contributed by atoms with Crippen molar-refractivity contribution in [3.63, 3.8) is 0 Å². The Balaban J connectivity index is 1.44. The molecule has 0 saturated carbocycles. The maximum atomic E-state index is 12.4. The molecule has 3 atom stereocenters. The van der Waals surface area contributed by atoms with Crippen molar-refractivity contribution >= 4 is 17.2 Å². The van der Waals surface area contributed by atoms with Gasteiger partial charge in [-0.1, -0.05) is 0 Å². The quantitative estimate of drug-likeness (QED) is 0.907. The lowest BCUT2D eigenvalue weighted by Gasteiger charge is -2.30. The van der Waals surface area contributed by atoms with Gasteiger partial charge in [-0.3, -0.25) is 4.79 Å². The molecule has 2 aliphatic rings. The van der Waals surface area contributed by atoms with Gasteiger partial charge >= 0.3 is 0 Å². The molecule has 6 heteroatoms. The number of benzene rings is 1. The third kappa shape index (κ3) is 3.09. The molecule has 2 N–H and O–H groups in total. The number of hydrogen-bond acceptors (Lipinski definition) is 5. The number of fused-ring (bicyclic) bond motifs is 2. The van der Waals surface area contributed by atoms with E-state index < -0.39 is 0 Å². The molecule has 5 nitrogen and oxygen atoms in total. The first kappa shape index (κ1) is 14.7. The maximum absolute atomic E-state index is 12.4. The molecule has 2 aromatic rings. The van der Waals surface area contributed by atoms with Gasteiger partial charge in [-0.25, -0.2) is 4.98 Å². The van der Waals surface area contributed by atoms with Gasteiger partial charge < -0.3 is 15.3 Å². The van der Waals surface area contributed by atoms with Crippen molar-refractivity contribution in [1.29, 1.82) is 0 Å². The molecule has 4 rings (SSSR count). The fraction of sp³-hybridized carbons (Fsp3) is 0.412. The highest BCUT2D eigenvalue weighted by molar-refractivity contribution is 7.16. The highest BCUT2D eigenvalue weighted by atomic mass is 32.1. The molecule has 3 heterocycles. The van der Waals surface area contributed by atoms with Gasteiger partial charge in [0.2, 0.25) is 0 Å². The summed E-state index contributed by atoms with van der Waals surface area (Å²) in [5, 5.41) is 13.0. The second-order valence-corrected chi connectivity index (χ2v) is 7.43. The number of amides is 1. The standard InChI is InChI=1S/C17H19N3O2S/c21-14-3-1-12(2-4-14)15-8-18-17(23-15)16(22)19-13-7-11-5-6-20(9-11)10-13/h1-4,8,11,13,21H,5-7,9-10H2,(H,19,22)/t11-,13+/m1/s1. The number of hydrogen-bond donors (Lipinski definition) is 2. The summed E-state index contributed by atoms with van der Waals surface area (Å²) in [6, 6.07) is 7.18. The van der Waals surface area contributed by atoms with Crippen molar-refractivity contribution in [3.05, 3.63) is 35.5 Å². The normalized spacial score (nSPS) is 26.2. The Bertz CT molecular complexity index is 701. The van der Waals surface area contributed by atoms with E-state index in [4.69, 9.17) is 0 Å². The second kappa shape index (κ2) is 5.94. The molecule has 23 heavy (non-hydrogen) atoms. The number of phenols is 1. The molecular weight excluding hydrogens is 310 g/mol. The number of aromatic hydroxyl groups is 1. The summed E-state index contributed by atoms with van der Waals surface area (Å²) in [5.74, 6) is 0.892. The molecule has 1 aromatic heterocycles. The second-order valence-electron chi connectivity index (χ2n) is 6.40. The van der Waals surface area contributed by atoms with Gasteiger partial charge in [-0.2, -0.15) is 0 Å². The molecule has 1 amide bonds. The molecule has 120 valence electrons. The van der Waals surface area contributed by atoms with E-state index in [-0.39, 0.29) is 17.7 Å². The van der Waals surface area contributed by atoms with Crippen molar-refractivity contribution in [1.82, 2.24) is 15.2 Å². The molecule has 1 aromatic carbocycles. The van der Waals surface area contributed by atoms with Gasteiger partial charge in [0.05, 0.1) is 4.88 Å². The Kier molecular flexibility index (Phi) is 3.79. The number of aromatic nitrogens is 1. The van der Waals surface area contributed by atoms with E-state index in [1.807, 2.05) is 12.1 Å². The largest absolute Gasteiger partial charge is 0.508 e. The zero-order valence-electron chi connectivity index (χ0n) is 12.7. The van der Waals surface area contributed by atoms with Crippen LogP contribution in [0.3, 0.4) is 0 Å². The summed E-state index contributed by atoms with van der Waals surface area (Å²) in [7, 11) is 0. The van der Waals surface area contributed by atoms with E-state index in [9.17, 15) is 9.90 Å². The minimum Gasteiger partial charge on any atom is -0.508 e. The molecule has 0 spiro atoms. The Morgan fingerprint density at radius 1 is 1.30 bits per heavy atom. The lowest BCUT2D eigenvalue weighted by Crippen LogP contribution is -2.46. The van der Waals surface area contributed by atoms with Gasteiger partial charge in [0.25, 0.3) is 5.91 Å². The van der Waals surface area contributed by atoms with Crippen LogP contribution in [0, 0.1) is 5.92 Å². The number of carbonyl (C=O) groups excluding carboxylic acids is 1. The van der Waals surface area contributed by atoms with Crippen LogP contribution in [0.5, 0.6) is 5.75 Å². The molecule has 2 fully saturated rings. The molecule has 1 unspecified atom stereocenters. The molecule has 2 bridgehead atoms. The average Bonchev–Trinajstić information content (AvgIpc) is 3.15. The number of thiazole rings is 1. The first-order valence-corrected chi connectivity index (χ1v) is 8.77. The summed E-state index contributed by atoms with van der Waals surface area (Å²) >= 11 is 1.39. The fourth-order valence-electron chi connectivity index (χ4n) is 3.55. The minimum absolute atomic E-state index is 0.0764. The van der Waals surface area contributed by atoms with Crippen LogP contribution in [0.2, 0.25) is 0 Å². The van der Waals surface area contributed by atoms with E-state index >= 15 is 0 Å². The van der Waals surface area contributed by atoms with Crippen molar-refractivity contribution in [2.75, 3.05) is 19.6 Å². The number of phenolic OH excluding ortho intramolecular Hbond substituents is 1. The van der Waals surface area contributed by atoms with Crippen molar-refractivity contribution in [2.45, 2.75) is 18.9 Å². The third-order valence-electron chi connectivity index (χ3n) is 4.65. The lowest BCUT2D eigenvalue weighted by molar-refractivity contribution is 0.0909. The van der Waals surface area contributed by atoms with Crippen LogP contribution in [-0.2, 0) is 0 Å². The third-order valence-corrected chi connectivity index (χ3v) is 5.70. The average molecular weight is 329 g/mol. The summed E-state index contributed by atoms with van der Waals surface area (Å²) in [4.78, 5) is 20.1. The van der Waals surface area contributed by atoms with E-state index in [0.29, 0.717) is 5.01 Å². The van der Waals surface area contributed by atoms with E-state index in [0.717, 1.165) is 29.3 Å². The SMILES string of the molecule is O=C(N[C@H]1C[C@H]2CCN(C2)C1)c1ncc(-c2ccc(O)cc2)s1. The smallest absolute Gasteiger partial charge is 0.280 e. The van der Waals surface area contributed by atoms with E-state index in [1.54, 1.807) is 18.3 Å². The van der Waals surface area contributed by atoms with Gasteiger partial charge in [0, 0.05) is 25.3 Å². The number of nitrogens with one attached hydrogen (secondary N) is 1. The van der Waals surface area contributed by atoms with Crippen LogP contribution in [0.4, 0.5) is 0 Å². The van der Waals surface area contributed by atoms with Crippen LogP contribution >= 0.6 is 11.3 Å². The Hall–Kier alpha value is -1.92. The Labute approximate surface area is 139 Å². The van der Waals surface area contributed by atoms with Gasteiger partial charge in [-0.15, -0.1) is 11.3 Å². The predicted octanol–water partition coefficient (Wildman–Crippen LogP) is 2.34. The molecular formula is C17H19N3O2S. The molecule has 0 aliphatic carbocycles. The molecule has 0 radical (unpaired) electrons. The summed E-state index contributed by atoms with van der Waals surface area (Å²) in [5.41, 5.74) is 0.959. The lowest BCUT2D eigenvalue weighted by atomic mass is 9.97. The number of nitrogens with zero attached hydrogens (tertiary/aromatic N) is 2. The Morgan fingerprint density at radius 2 is 2.13 bits per heavy atom. The molecule has 2 saturated heterocycles. The van der Waals surface area contributed by atoms with Crippen molar-refractivity contribution < 1.29 is 9.90 Å². The van der Waals surface area contributed by atoms with Crippen LogP contribution < -0.4 is 5.32 Å².